The van der Waals surface area contributed by atoms with Crippen molar-refractivity contribution in [1.29, 1.82) is 0 Å². The molecule has 0 N–H and O–H groups in total. The lowest BCUT2D eigenvalue weighted by molar-refractivity contribution is -0.120. The van der Waals surface area contributed by atoms with Crippen molar-refractivity contribution in [3.05, 3.63) is 58.0 Å². The van der Waals surface area contributed by atoms with E-state index in [9.17, 15) is 4.79 Å². The SMILES string of the molecule is CCN(C(=O)COc1ccc(Br)cc1Cl)c1ccccc1. The van der Waals surface area contributed by atoms with Crippen LogP contribution in [0, 0.1) is 0 Å². The molecule has 0 spiro atoms. The smallest absolute Gasteiger partial charge is 0.264 e. The molecule has 0 aliphatic carbocycles. The Kier molecular flexibility index (Phi) is 5.65. The minimum absolute atomic E-state index is 0.0515. The zero-order valence-electron chi connectivity index (χ0n) is 11.6. The maximum atomic E-state index is 12.3. The molecule has 1 amide bonds. The average molecular weight is 369 g/mol. The molecule has 0 aliphatic rings. The fourth-order valence-electron chi connectivity index (χ4n) is 1.92. The summed E-state index contributed by atoms with van der Waals surface area (Å²) in [7, 11) is 0. The Hall–Kier alpha value is -1.52. The summed E-state index contributed by atoms with van der Waals surface area (Å²) in [5.74, 6) is 0.389. The number of nitrogens with zero attached hydrogens (tertiary/aromatic N) is 1. The zero-order valence-corrected chi connectivity index (χ0v) is 13.9. The lowest BCUT2D eigenvalue weighted by Gasteiger charge is -2.21. The van der Waals surface area contributed by atoms with Gasteiger partial charge in [0.15, 0.2) is 6.61 Å². The van der Waals surface area contributed by atoms with Gasteiger partial charge in [0.2, 0.25) is 0 Å². The molecule has 2 aromatic carbocycles. The highest BCUT2D eigenvalue weighted by Crippen LogP contribution is 2.27. The van der Waals surface area contributed by atoms with Gasteiger partial charge in [-0.2, -0.15) is 0 Å². The third-order valence-electron chi connectivity index (χ3n) is 2.93. The number of amides is 1. The van der Waals surface area contributed by atoms with Crippen LogP contribution in [0.4, 0.5) is 5.69 Å². The molecule has 0 unspecified atom stereocenters. The van der Waals surface area contributed by atoms with Crippen LogP contribution in [0.3, 0.4) is 0 Å². The summed E-state index contributed by atoms with van der Waals surface area (Å²) >= 11 is 9.39. The van der Waals surface area contributed by atoms with Gasteiger partial charge in [0.1, 0.15) is 5.75 Å². The van der Waals surface area contributed by atoms with Crippen molar-refractivity contribution in [3.8, 4) is 5.75 Å². The van der Waals surface area contributed by atoms with Gasteiger partial charge in [-0.3, -0.25) is 4.79 Å². The van der Waals surface area contributed by atoms with E-state index < -0.39 is 0 Å². The molecular formula is C16H15BrClNO2. The summed E-state index contributed by atoms with van der Waals surface area (Å²) < 4.78 is 6.38. The Labute approximate surface area is 137 Å². The molecular weight excluding hydrogens is 354 g/mol. The highest BCUT2D eigenvalue weighted by atomic mass is 79.9. The van der Waals surface area contributed by atoms with E-state index in [4.69, 9.17) is 16.3 Å². The van der Waals surface area contributed by atoms with Crippen LogP contribution >= 0.6 is 27.5 Å². The van der Waals surface area contributed by atoms with Crippen LogP contribution in [-0.4, -0.2) is 19.1 Å². The minimum Gasteiger partial charge on any atom is -0.482 e. The summed E-state index contributed by atoms with van der Waals surface area (Å²) in [5.41, 5.74) is 0.857. The van der Waals surface area contributed by atoms with Crippen molar-refractivity contribution < 1.29 is 9.53 Å². The molecule has 5 heteroatoms. The molecule has 0 saturated carbocycles. The Balaban J connectivity index is 2.03. The molecule has 2 rings (SSSR count). The van der Waals surface area contributed by atoms with Gasteiger partial charge >= 0.3 is 0 Å². The number of anilines is 1. The Morgan fingerprint density at radius 2 is 1.95 bits per heavy atom. The van der Waals surface area contributed by atoms with E-state index in [1.807, 2.05) is 43.3 Å². The first-order valence-corrected chi connectivity index (χ1v) is 7.72. The maximum Gasteiger partial charge on any atom is 0.264 e. The van der Waals surface area contributed by atoms with Gasteiger partial charge in [-0.25, -0.2) is 0 Å². The van der Waals surface area contributed by atoms with E-state index in [1.54, 1.807) is 17.0 Å². The van der Waals surface area contributed by atoms with Crippen LogP contribution in [0.5, 0.6) is 5.75 Å². The van der Waals surface area contributed by atoms with Crippen LogP contribution in [-0.2, 0) is 4.79 Å². The van der Waals surface area contributed by atoms with E-state index in [1.165, 1.54) is 0 Å². The van der Waals surface area contributed by atoms with E-state index in [0.29, 0.717) is 17.3 Å². The highest BCUT2D eigenvalue weighted by molar-refractivity contribution is 9.10. The first-order valence-electron chi connectivity index (χ1n) is 6.55. The minimum atomic E-state index is -0.109. The third-order valence-corrected chi connectivity index (χ3v) is 3.72. The second kappa shape index (κ2) is 7.48. The first-order chi connectivity index (χ1) is 10.1. The van der Waals surface area contributed by atoms with Gasteiger partial charge in [0.25, 0.3) is 5.91 Å². The first kappa shape index (κ1) is 15.9. The van der Waals surface area contributed by atoms with E-state index in [-0.39, 0.29) is 12.5 Å². The molecule has 3 nitrogen and oxygen atoms in total. The molecule has 2 aromatic rings. The molecule has 110 valence electrons. The molecule has 0 bridgehead atoms. The maximum absolute atomic E-state index is 12.3. The number of ether oxygens (including phenoxy) is 1. The molecule has 0 radical (unpaired) electrons. The predicted octanol–water partition coefficient (Wildman–Crippen LogP) is 4.53. The number of para-hydroxylation sites is 1. The summed E-state index contributed by atoms with van der Waals surface area (Å²) in [6.07, 6.45) is 0. The molecule has 0 aliphatic heterocycles. The molecule has 0 fully saturated rings. The molecule has 0 saturated heterocycles. The summed E-state index contributed by atoms with van der Waals surface area (Å²) in [4.78, 5) is 13.9. The number of hydrogen-bond acceptors (Lipinski definition) is 2. The average Bonchev–Trinajstić information content (AvgIpc) is 2.48. The fraction of sp³-hybridized carbons (Fsp3) is 0.188. The predicted molar refractivity (Wildman–Crippen MR) is 89.1 cm³/mol. The fourth-order valence-corrected chi connectivity index (χ4v) is 2.65. The molecule has 0 atom stereocenters. The van der Waals surface area contributed by atoms with Crippen molar-refractivity contribution in [2.75, 3.05) is 18.1 Å². The van der Waals surface area contributed by atoms with Gasteiger partial charge in [-0.05, 0) is 37.3 Å². The number of benzene rings is 2. The second-order valence-corrected chi connectivity index (χ2v) is 5.66. The summed E-state index contributed by atoms with van der Waals surface area (Å²) in [6, 6.07) is 14.8. The van der Waals surface area contributed by atoms with Crippen molar-refractivity contribution in [3.63, 3.8) is 0 Å². The van der Waals surface area contributed by atoms with Crippen molar-refractivity contribution in [2.24, 2.45) is 0 Å². The topological polar surface area (TPSA) is 29.5 Å². The molecule has 0 heterocycles. The quantitative estimate of drug-likeness (QED) is 0.776. The molecule has 0 aromatic heterocycles. The van der Waals surface area contributed by atoms with Crippen molar-refractivity contribution >= 4 is 39.1 Å². The van der Waals surface area contributed by atoms with Crippen LogP contribution in [0.2, 0.25) is 5.02 Å². The van der Waals surface area contributed by atoms with Crippen LogP contribution in [0.25, 0.3) is 0 Å². The number of likely N-dealkylation sites (N-methyl/N-ethyl adjacent to an activating group) is 1. The highest BCUT2D eigenvalue weighted by Gasteiger charge is 2.15. The van der Waals surface area contributed by atoms with Crippen molar-refractivity contribution in [2.45, 2.75) is 6.92 Å². The van der Waals surface area contributed by atoms with Gasteiger partial charge in [-0.15, -0.1) is 0 Å². The van der Waals surface area contributed by atoms with Crippen LogP contribution < -0.4 is 9.64 Å². The monoisotopic (exact) mass is 367 g/mol. The molecule has 21 heavy (non-hydrogen) atoms. The number of hydrogen-bond donors (Lipinski definition) is 0. The van der Waals surface area contributed by atoms with Gasteiger partial charge < -0.3 is 9.64 Å². The zero-order chi connectivity index (χ0) is 15.2. The van der Waals surface area contributed by atoms with E-state index in [0.717, 1.165) is 10.2 Å². The third kappa shape index (κ3) is 4.22. The standard InChI is InChI=1S/C16H15BrClNO2/c1-2-19(13-6-4-3-5-7-13)16(20)11-21-15-9-8-12(17)10-14(15)18/h3-10H,2,11H2,1H3. The Morgan fingerprint density at radius 1 is 1.24 bits per heavy atom. The van der Waals surface area contributed by atoms with E-state index in [2.05, 4.69) is 15.9 Å². The lowest BCUT2D eigenvalue weighted by Crippen LogP contribution is -2.34. The lowest BCUT2D eigenvalue weighted by atomic mass is 10.3. The Bertz CT molecular complexity index is 619. The number of halogens is 2. The Morgan fingerprint density at radius 3 is 2.57 bits per heavy atom. The number of carbonyl (C=O) groups excluding carboxylic acids is 1. The van der Waals surface area contributed by atoms with Gasteiger partial charge in [0, 0.05) is 16.7 Å². The normalized spacial score (nSPS) is 10.2. The summed E-state index contributed by atoms with van der Waals surface area (Å²) in [6.45, 7) is 2.46. The number of rotatable bonds is 5. The number of carbonyl (C=O) groups is 1. The van der Waals surface area contributed by atoms with Crippen LogP contribution in [0.15, 0.2) is 53.0 Å². The summed E-state index contributed by atoms with van der Waals surface area (Å²) in [5, 5.41) is 0.472. The van der Waals surface area contributed by atoms with Gasteiger partial charge in [-0.1, -0.05) is 45.7 Å². The largest absolute Gasteiger partial charge is 0.482 e. The van der Waals surface area contributed by atoms with Gasteiger partial charge in [0.05, 0.1) is 5.02 Å². The van der Waals surface area contributed by atoms with Crippen LogP contribution in [0.1, 0.15) is 6.92 Å². The van der Waals surface area contributed by atoms with Crippen molar-refractivity contribution in [1.82, 2.24) is 0 Å². The second-order valence-electron chi connectivity index (χ2n) is 4.34. The van der Waals surface area contributed by atoms with E-state index >= 15 is 0 Å².